The topological polar surface area (TPSA) is 41.5 Å². The second-order valence-electron chi connectivity index (χ2n) is 4.66. The molecule has 1 unspecified atom stereocenters. The molecule has 0 saturated carbocycles. The van der Waals surface area contributed by atoms with Crippen LogP contribution >= 0.6 is 11.6 Å². The van der Waals surface area contributed by atoms with E-state index in [1.54, 1.807) is 12.1 Å². The van der Waals surface area contributed by atoms with Gasteiger partial charge in [-0.15, -0.1) is 0 Å². The zero-order chi connectivity index (χ0) is 13.4. The number of benzene rings is 2. The number of hydrogen-bond donors (Lipinski definition) is 2. The van der Waals surface area contributed by atoms with Crippen LogP contribution in [0, 0.1) is 6.92 Å². The van der Waals surface area contributed by atoms with Crippen LogP contribution in [-0.2, 0) is 0 Å². The van der Waals surface area contributed by atoms with E-state index in [0.717, 1.165) is 22.6 Å². The Morgan fingerprint density at radius 2 is 2.16 bits per heavy atom. The van der Waals surface area contributed by atoms with Crippen molar-refractivity contribution in [3.8, 4) is 11.5 Å². The van der Waals surface area contributed by atoms with Gasteiger partial charge in [-0.05, 0) is 30.7 Å². The van der Waals surface area contributed by atoms with Crippen LogP contribution in [0.5, 0.6) is 11.5 Å². The van der Waals surface area contributed by atoms with E-state index in [9.17, 15) is 5.11 Å². The van der Waals surface area contributed by atoms with Crippen LogP contribution in [0.2, 0.25) is 5.02 Å². The smallest absolute Gasteiger partial charge is 0.128 e. The molecule has 1 atom stereocenters. The van der Waals surface area contributed by atoms with Gasteiger partial charge in [0.05, 0.1) is 16.8 Å². The van der Waals surface area contributed by atoms with Crippen molar-refractivity contribution >= 4 is 17.3 Å². The van der Waals surface area contributed by atoms with Gasteiger partial charge < -0.3 is 15.2 Å². The van der Waals surface area contributed by atoms with E-state index in [-0.39, 0.29) is 11.8 Å². The second kappa shape index (κ2) is 4.67. The first-order chi connectivity index (χ1) is 9.15. The van der Waals surface area contributed by atoms with Crippen LogP contribution in [0.3, 0.4) is 0 Å². The largest absolute Gasteiger partial charge is 0.508 e. The average molecular weight is 276 g/mol. The monoisotopic (exact) mass is 275 g/mol. The quantitative estimate of drug-likeness (QED) is 0.873. The predicted molar refractivity (Wildman–Crippen MR) is 76.2 cm³/mol. The average Bonchev–Trinajstić information content (AvgIpc) is 2.76. The molecule has 0 saturated heterocycles. The van der Waals surface area contributed by atoms with Gasteiger partial charge in [0, 0.05) is 11.6 Å². The highest BCUT2D eigenvalue weighted by molar-refractivity contribution is 6.33. The first-order valence-corrected chi connectivity index (χ1v) is 6.50. The van der Waals surface area contributed by atoms with Crippen molar-refractivity contribution in [3.05, 3.63) is 52.5 Å². The minimum atomic E-state index is 0.0502. The van der Waals surface area contributed by atoms with Crippen molar-refractivity contribution in [2.24, 2.45) is 0 Å². The number of anilines is 1. The van der Waals surface area contributed by atoms with E-state index in [1.165, 1.54) is 0 Å². The number of phenols is 1. The fourth-order valence-corrected chi connectivity index (χ4v) is 2.58. The van der Waals surface area contributed by atoms with E-state index >= 15 is 0 Å². The van der Waals surface area contributed by atoms with Gasteiger partial charge in [-0.3, -0.25) is 0 Å². The molecule has 2 N–H and O–H groups in total. The normalized spacial score (nSPS) is 16.8. The first kappa shape index (κ1) is 12.2. The third kappa shape index (κ3) is 2.22. The zero-order valence-electron chi connectivity index (χ0n) is 10.5. The van der Waals surface area contributed by atoms with Gasteiger partial charge in [0.25, 0.3) is 0 Å². The number of fused-ring (bicyclic) bond motifs is 1. The van der Waals surface area contributed by atoms with Gasteiger partial charge in [0.2, 0.25) is 0 Å². The highest BCUT2D eigenvalue weighted by Crippen LogP contribution is 2.38. The van der Waals surface area contributed by atoms with Crippen LogP contribution in [0.4, 0.5) is 5.69 Å². The molecule has 0 fully saturated rings. The Labute approximate surface area is 116 Å². The number of ether oxygens (including phenoxy) is 1. The van der Waals surface area contributed by atoms with Gasteiger partial charge in [0.15, 0.2) is 0 Å². The highest BCUT2D eigenvalue weighted by atomic mass is 35.5. The Morgan fingerprint density at radius 1 is 1.32 bits per heavy atom. The molecule has 3 nitrogen and oxygen atoms in total. The molecule has 19 heavy (non-hydrogen) atoms. The Kier molecular flexibility index (Phi) is 2.99. The third-order valence-corrected chi connectivity index (χ3v) is 3.63. The van der Waals surface area contributed by atoms with Gasteiger partial charge in [-0.1, -0.05) is 23.7 Å². The molecule has 2 aromatic rings. The lowest BCUT2D eigenvalue weighted by molar-refractivity contribution is 0.338. The lowest BCUT2D eigenvalue weighted by Gasteiger charge is -2.16. The minimum absolute atomic E-state index is 0.0502. The van der Waals surface area contributed by atoms with E-state index in [4.69, 9.17) is 16.3 Å². The molecule has 4 heteroatoms. The van der Waals surface area contributed by atoms with Crippen molar-refractivity contribution in [1.82, 2.24) is 0 Å². The number of rotatable bonds is 2. The molecule has 0 amide bonds. The SMILES string of the molecule is Cc1cccc(Cl)c1NC1COc2cc(O)ccc21. The van der Waals surface area contributed by atoms with Crippen LogP contribution < -0.4 is 10.1 Å². The van der Waals surface area contributed by atoms with Crippen LogP contribution in [0.25, 0.3) is 0 Å². The molecule has 0 aromatic heterocycles. The summed E-state index contributed by atoms with van der Waals surface area (Å²) in [5.41, 5.74) is 3.07. The van der Waals surface area contributed by atoms with Crippen molar-refractivity contribution in [1.29, 1.82) is 0 Å². The standard InChI is InChI=1S/C15H14ClNO2/c1-9-3-2-4-12(16)15(9)17-13-8-19-14-7-10(18)5-6-11(13)14/h2-7,13,17-18H,8H2,1H3. The summed E-state index contributed by atoms with van der Waals surface area (Å²) in [6.45, 7) is 2.55. The molecule has 1 aliphatic rings. The maximum absolute atomic E-state index is 9.44. The molecule has 2 aromatic carbocycles. The summed E-state index contributed by atoms with van der Waals surface area (Å²) in [5, 5.41) is 13.6. The number of phenolic OH excluding ortho intramolecular Hbond substituents is 1. The van der Waals surface area contributed by atoms with Crippen molar-refractivity contribution in [2.75, 3.05) is 11.9 Å². The second-order valence-corrected chi connectivity index (χ2v) is 5.07. The van der Waals surface area contributed by atoms with Crippen LogP contribution in [0.1, 0.15) is 17.2 Å². The molecule has 3 rings (SSSR count). The van der Waals surface area contributed by atoms with Gasteiger partial charge >= 0.3 is 0 Å². The molecule has 0 spiro atoms. The van der Waals surface area contributed by atoms with Crippen molar-refractivity contribution in [2.45, 2.75) is 13.0 Å². The van der Waals surface area contributed by atoms with Crippen molar-refractivity contribution < 1.29 is 9.84 Å². The molecular weight excluding hydrogens is 262 g/mol. The van der Waals surface area contributed by atoms with E-state index in [0.29, 0.717) is 11.6 Å². The Bertz CT molecular complexity index is 607. The number of para-hydroxylation sites is 1. The van der Waals surface area contributed by atoms with Gasteiger partial charge in [0.1, 0.15) is 18.1 Å². The number of aromatic hydroxyl groups is 1. The van der Waals surface area contributed by atoms with E-state index in [2.05, 4.69) is 5.32 Å². The number of aryl methyl sites for hydroxylation is 1. The van der Waals surface area contributed by atoms with E-state index in [1.807, 2.05) is 31.2 Å². The Hall–Kier alpha value is -1.87. The molecule has 0 aliphatic carbocycles. The summed E-state index contributed by atoms with van der Waals surface area (Å²) in [6, 6.07) is 11.0. The Balaban J connectivity index is 1.91. The fourth-order valence-electron chi connectivity index (χ4n) is 2.31. The van der Waals surface area contributed by atoms with Crippen LogP contribution in [-0.4, -0.2) is 11.7 Å². The summed E-state index contributed by atoms with van der Waals surface area (Å²) in [6.07, 6.45) is 0. The predicted octanol–water partition coefficient (Wildman–Crippen LogP) is 3.90. The van der Waals surface area contributed by atoms with Gasteiger partial charge in [-0.2, -0.15) is 0 Å². The summed E-state index contributed by atoms with van der Waals surface area (Å²) in [5.74, 6) is 0.940. The zero-order valence-corrected chi connectivity index (χ0v) is 11.2. The Morgan fingerprint density at radius 3 is 2.95 bits per heavy atom. The van der Waals surface area contributed by atoms with Gasteiger partial charge in [-0.25, -0.2) is 0 Å². The lowest BCUT2D eigenvalue weighted by Crippen LogP contribution is -2.13. The summed E-state index contributed by atoms with van der Waals surface area (Å²) >= 11 is 6.22. The number of halogens is 1. The highest BCUT2D eigenvalue weighted by Gasteiger charge is 2.25. The first-order valence-electron chi connectivity index (χ1n) is 6.12. The number of nitrogens with one attached hydrogen (secondary N) is 1. The molecular formula is C15H14ClNO2. The van der Waals surface area contributed by atoms with Crippen molar-refractivity contribution in [3.63, 3.8) is 0 Å². The lowest BCUT2D eigenvalue weighted by atomic mass is 10.1. The van der Waals surface area contributed by atoms with E-state index < -0.39 is 0 Å². The molecule has 0 radical (unpaired) electrons. The third-order valence-electron chi connectivity index (χ3n) is 3.32. The summed E-state index contributed by atoms with van der Waals surface area (Å²) < 4.78 is 5.58. The minimum Gasteiger partial charge on any atom is -0.508 e. The molecule has 98 valence electrons. The fraction of sp³-hybridized carbons (Fsp3) is 0.200. The summed E-state index contributed by atoms with van der Waals surface area (Å²) in [7, 11) is 0. The summed E-state index contributed by atoms with van der Waals surface area (Å²) in [4.78, 5) is 0. The van der Waals surface area contributed by atoms with Crippen LogP contribution in [0.15, 0.2) is 36.4 Å². The molecule has 1 heterocycles. The maximum Gasteiger partial charge on any atom is 0.128 e. The number of hydrogen-bond acceptors (Lipinski definition) is 3. The molecule has 0 bridgehead atoms. The maximum atomic E-state index is 9.44. The molecule has 1 aliphatic heterocycles.